The molecule has 3 nitrogen and oxygen atoms in total. The molecule has 0 atom stereocenters. The Morgan fingerprint density at radius 2 is 1.80 bits per heavy atom. The number of fused-ring (bicyclic) bond motifs is 1. The number of pyridine rings is 1. The molecule has 0 saturated carbocycles. The summed E-state index contributed by atoms with van der Waals surface area (Å²) in [6.07, 6.45) is 0. The third kappa shape index (κ3) is 1.50. The molecule has 15 heavy (non-hydrogen) atoms. The monoisotopic (exact) mass is 203 g/mol. The van der Waals surface area contributed by atoms with Crippen LogP contribution in [0.3, 0.4) is 0 Å². The first-order valence-corrected chi connectivity index (χ1v) is 4.75. The van der Waals surface area contributed by atoms with Crippen LogP contribution in [0.1, 0.15) is 5.56 Å². The predicted octanol–water partition coefficient (Wildman–Crippen LogP) is 2.56. The van der Waals surface area contributed by atoms with Crippen molar-refractivity contribution in [3.05, 3.63) is 29.8 Å². The molecule has 2 rings (SSSR count). The zero-order chi connectivity index (χ0) is 10.8. The van der Waals surface area contributed by atoms with Gasteiger partial charge in [-0.15, -0.1) is 0 Å². The molecule has 78 valence electrons. The highest BCUT2D eigenvalue weighted by atomic mass is 16.5. The molecular formula is C12H13NO2. The highest BCUT2D eigenvalue weighted by Gasteiger charge is 2.12. The van der Waals surface area contributed by atoms with E-state index in [1.54, 1.807) is 14.2 Å². The average Bonchev–Trinajstić information content (AvgIpc) is 2.29. The Balaban J connectivity index is 2.81. The van der Waals surface area contributed by atoms with Crippen LogP contribution in [0.15, 0.2) is 24.3 Å². The van der Waals surface area contributed by atoms with Gasteiger partial charge in [0.15, 0.2) is 5.75 Å². The average molecular weight is 203 g/mol. The highest BCUT2D eigenvalue weighted by Crippen LogP contribution is 2.33. The molecule has 0 aliphatic rings. The topological polar surface area (TPSA) is 31.4 Å². The summed E-state index contributed by atoms with van der Waals surface area (Å²) in [6.45, 7) is 2.01. The van der Waals surface area contributed by atoms with E-state index in [9.17, 15) is 0 Å². The maximum Gasteiger partial charge on any atom is 0.257 e. The summed E-state index contributed by atoms with van der Waals surface area (Å²) in [6, 6.07) is 7.94. The van der Waals surface area contributed by atoms with Crippen molar-refractivity contribution in [1.29, 1.82) is 0 Å². The molecule has 0 spiro atoms. The Hall–Kier alpha value is -1.77. The van der Waals surface area contributed by atoms with Gasteiger partial charge < -0.3 is 9.47 Å². The molecular weight excluding hydrogens is 190 g/mol. The standard InChI is InChI=1S/C12H13NO2/c1-8-9-6-4-5-7-10(9)13-12(15-3)11(8)14-2/h4-7H,1-3H3. The smallest absolute Gasteiger partial charge is 0.257 e. The molecule has 0 amide bonds. The minimum atomic E-state index is 0.536. The molecule has 1 aromatic carbocycles. The van der Waals surface area contributed by atoms with Gasteiger partial charge in [0.25, 0.3) is 5.88 Å². The lowest BCUT2D eigenvalue weighted by Crippen LogP contribution is -1.97. The van der Waals surface area contributed by atoms with Crippen molar-refractivity contribution < 1.29 is 9.47 Å². The Bertz CT molecular complexity index is 494. The van der Waals surface area contributed by atoms with Crippen molar-refractivity contribution in [2.75, 3.05) is 14.2 Å². The van der Waals surface area contributed by atoms with E-state index in [0.717, 1.165) is 16.5 Å². The summed E-state index contributed by atoms with van der Waals surface area (Å²) in [4.78, 5) is 4.38. The minimum absolute atomic E-state index is 0.536. The lowest BCUT2D eigenvalue weighted by Gasteiger charge is -2.11. The molecule has 1 aromatic heterocycles. The van der Waals surface area contributed by atoms with Crippen LogP contribution in [-0.4, -0.2) is 19.2 Å². The Labute approximate surface area is 88.7 Å². The lowest BCUT2D eigenvalue weighted by atomic mass is 10.1. The summed E-state index contributed by atoms with van der Waals surface area (Å²) in [5.41, 5.74) is 1.98. The largest absolute Gasteiger partial charge is 0.491 e. The maximum absolute atomic E-state index is 5.29. The second-order valence-electron chi connectivity index (χ2n) is 3.30. The van der Waals surface area contributed by atoms with E-state index >= 15 is 0 Å². The molecule has 0 fully saturated rings. The van der Waals surface area contributed by atoms with E-state index in [2.05, 4.69) is 4.98 Å². The van der Waals surface area contributed by atoms with E-state index in [1.165, 1.54) is 0 Å². The lowest BCUT2D eigenvalue weighted by molar-refractivity contribution is 0.343. The minimum Gasteiger partial charge on any atom is -0.491 e. The van der Waals surface area contributed by atoms with Crippen LogP contribution in [0.5, 0.6) is 11.6 Å². The molecule has 0 saturated heterocycles. The second kappa shape index (κ2) is 3.77. The van der Waals surface area contributed by atoms with Gasteiger partial charge in [0.05, 0.1) is 19.7 Å². The number of benzene rings is 1. The van der Waals surface area contributed by atoms with E-state index < -0.39 is 0 Å². The summed E-state index contributed by atoms with van der Waals surface area (Å²) >= 11 is 0. The molecule has 1 heterocycles. The van der Waals surface area contributed by atoms with Gasteiger partial charge in [0.1, 0.15) is 0 Å². The molecule has 0 aliphatic carbocycles. The van der Waals surface area contributed by atoms with Crippen molar-refractivity contribution in [2.24, 2.45) is 0 Å². The Morgan fingerprint density at radius 1 is 1.07 bits per heavy atom. The van der Waals surface area contributed by atoms with Crippen molar-refractivity contribution in [1.82, 2.24) is 4.98 Å². The summed E-state index contributed by atoms with van der Waals surface area (Å²) in [5, 5.41) is 1.09. The predicted molar refractivity (Wildman–Crippen MR) is 59.6 cm³/mol. The van der Waals surface area contributed by atoms with Crippen LogP contribution >= 0.6 is 0 Å². The number of ether oxygens (including phenoxy) is 2. The number of nitrogens with zero attached hydrogens (tertiary/aromatic N) is 1. The molecule has 2 aromatic rings. The molecule has 3 heteroatoms. The van der Waals surface area contributed by atoms with Crippen molar-refractivity contribution in [3.63, 3.8) is 0 Å². The van der Waals surface area contributed by atoms with E-state index in [0.29, 0.717) is 11.6 Å². The molecule has 0 unspecified atom stereocenters. The summed E-state index contributed by atoms with van der Waals surface area (Å²) in [5.74, 6) is 1.24. The number of para-hydroxylation sites is 1. The number of hydrogen-bond donors (Lipinski definition) is 0. The zero-order valence-electron chi connectivity index (χ0n) is 9.07. The fraction of sp³-hybridized carbons (Fsp3) is 0.250. The van der Waals surface area contributed by atoms with E-state index in [4.69, 9.17) is 9.47 Å². The number of aromatic nitrogens is 1. The van der Waals surface area contributed by atoms with Gasteiger partial charge >= 0.3 is 0 Å². The van der Waals surface area contributed by atoms with Gasteiger partial charge in [-0.25, -0.2) is 4.98 Å². The summed E-state index contributed by atoms with van der Waals surface area (Å²) < 4.78 is 10.5. The first-order valence-electron chi connectivity index (χ1n) is 4.75. The number of aryl methyl sites for hydroxylation is 1. The van der Waals surface area contributed by atoms with Crippen LogP contribution in [0.25, 0.3) is 10.9 Å². The van der Waals surface area contributed by atoms with Gasteiger partial charge in [-0.3, -0.25) is 0 Å². The number of hydrogen-bond acceptors (Lipinski definition) is 3. The fourth-order valence-electron chi connectivity index (χ4n) is 1.71. The maximum atomic E-state index is 5.29. The van der Waals surface area contributed by atoms with Crippen molar-refractivity contribution >= 4 is 10.9 Å². The normalized spacial score (nSPS) is 10.3. The van der Waals surface area contributed by atoms with Gasteiger partial charge in [0, 0.05) is 10.9 Å². The van der Waals surface area contributed by atoms with Gasteiger partial charge in [-0.05, 0) is 13.0 Å². The number of rotatable bonds is 2. The second-order valence-corrected chi connectivity index (χ2v) is 3.30. The van der Waals surface area contributed by atoms with Crippen LogP contribution in [0.2, 0.25) is 0 Å². The fourth-order valence-corrected chi connectivity index (χ4v) is 1.71. The third-order valence-electron chi connectivity index (χ3n) is 2.46. The number of methoxy groups -OCH3 is 2. The quantitative estimate of drug-likeness (QED) is 0.751. The Kier molecular flexibility index (Phi) is 2.46. The van der Waals surface area contributed by atoms with Gasteiger partial charge in [0.2, 0.25) is 0 Å². The first-order chi connectivity index (χ1) is 7.27. The third-order valence-corrected chi connectivity index (χ3v) is 2.46. The first kappa shape index (κ1) is 9.77. The van der Waals surface area contributed by atoms with Crippen LogP contribution in [-0.2, 0) is 0 Å². The van der Waals surface area contributed by atoms with Crippen LogP contribution < -0.4 is 9.47 Å². The van der Waals surface area contributed by atoms with Crippen LogP contribution in [0.4, 0.5) is 0 Å². The van der Waals surface area contributed by atoms with Crippen LogP contribution in [0, 0.1) is 6.92 Å². The SMILES string of the molecule is COc1nc2ccccc2c(C)c1OC. The van der Waals surface area contributed by atoms with Crippen molar-refractivity contribution in [3.8, 4) is 11.6 Å². The van der Waals surface area contributed by atoms with E-state index in [1.807, 2.05) is 31.2 Å². The van der Waals surface area contributed by atoms with Gasteiger partial charge in [-0.1, -0.05) is 18.2 Å². The summed E-state index contributed by atoms with van der Waals surface area (Å²) in [7, 11) is 3.22. The molecule has 0 bridgehead atoms. The van der Waals surface area contributed by atoms with Gasteiger partial charge in [-0.2, -0.15) is 0 Å². The zero-order valence-corrected chi connectivity index (χ0v) is 9.07. The molecule has 0 radical (unpaired) electrons. The molecule has 0 aliphatic heterocycles. The highest BCUT2D eigenvalue weighted by molar-refractivity contribution is 5.85. The van der Waals surface area contributed by atoms with E-state index in [-0.39, 0.29) is 0 Å². The van der Waals surface area contributed by atoms with Crippen molar-refractivity contribution in [2.45, 2.75) is 6.92 Å². The molecule has 0 N–H and O–H groups in total. The Morgan fingerprint density at radius 3 is 2.47 bits per heavy atom.